The third-order valence-electron chi connectivity index (χ3n) is 4.20. The van der Waals surface area contributed by atoms with Crippen LogP contribution in [0.4, 0.5) is 8.78 Å². The summed E-state index contributed by atoms with van der Waals surface area (Å²) in [6.07, 6.45) is 0. The molecule has 1 aromatic heterocycles. The maximum Gasteiger partial charge on any atom is 0.348 e. The van der Waals surface area contributed by atoms with Crippen LogP contribution in [0.25, 0.3) is 10.1 Å². The smallest absolute Gasteiger partial charge is 0.348 e. The molecule has 0 spiro atoms. The van der Waals surface area contributed by atoms with E-state index >= 15 is 0 Å². The van der Waals surface area contributed by atoms with E-state index in [1.807, 2.05) is 0 Å². The minimum Gasteiger partial charge on any atom is -0.467 e. The predicted octanol–water partition coefficient (Wildman–Crippen LogP) is 4.71. The number of carbonyl (C=O) groups excluding carboxylic acids is 1. The molecule has 0 radical (unpaired) electrons. The quantitative estimate of drug-likeness (QED) is 0.621. The molecule has 0 atom stereocenters. The van der Waals surface area contributed by atoms with Crippen LogP contribution in [0.1, 0.15) is 26.4 Å². The van der Waals surface area contributed by atoms with Crippen LogP contribution in [0.5, 0.6) is 5.75 Å². The van der Waals surface area contributed by atoms with E-state index < -0.39 is 11.8 Å². The van der Waals surface area contributed by atoms with Crippen molar-refractivity contribution in [1.82, 2.24) is 0 Å². The van der Waals surface area contributed by atoms with Crippen molar-refractivity contribution in [1.29, 1.82) is 0 Å². The Morgan fingerprint density at radius 2 is 2.15 bits per heavy atom. The highest BCUT2D eigenvalue weighted by atomic mass is 32.1. The number of thiophene rings is 1. The van der Waals surface area contributed by atoms with Gasteiger partial charge in [0.1, 0.15) is 28.9 Å². The van der Waals surface area contributed by atoms with E-state index in [1.54, 1.807) is 19.1 Å². The number of esters is 1. The van der Waals surface area contributed by atoms with Gasteiger partial charge in [-0.25, -0.2) is 13.6 Å². The lowest BCUT2D eigenvalue weighted by Gasteiger charge is -2.20. The lowest BCUT2D eigenvalue weighted by molar-refractivity contribution is -0.0182. The molecule has 26 heavy (non-hydrogen) atoms. The predicted molar refractivity (Wildman–Crippen MR) is 92.3 cm³/mol. The topological polar surface area (TPSA) is 44.8 Å². The molecule has 0 aliphatic carbocycles. The number of ether oxygens (including phenoxy) is 3. The van der Waals surface area contributed by atoms with Crippen molar-refractivity contribution in [2.75, 3.05) is 6.79 Å². The summed E-state index contributed by atoms with van der Waals surface area (Å²) in [6, 6.07) is 7.31. The van der Waals surface area contributed by atoms with Crippen molar-refractivity contribution in [2.24, 2.45) is 0 Å². The number of rotatable bonds is 3. The highest BCUT2D eigenvalue weighted by molar-refractivity contribution is 7.21. The summed E-state index contributed by atoms with van der Waals surface area (Å²) in [4.78, 5) is 12.8. The van der Waals surface area contributed by atoms with Crippen molar-refractivity contribution in [3.8, 4) is 5.75 Å². The zero-order chi connectivity index (χ0) is 18.3. The maximum absolute atomic E-state index is 14.0. The first-order valence-corrected chi connectivity index (χ1v) is 8.73. The van der Waals surface area contributed by atoms with Gasteiger partial charge in [-0.2, -0.15) is 0 Å². The maximum atomic E-state index is 14.0. The van der Waals surface area contributed by atoms with Crippen molar-refractivity contribution < 1.29 is 27.8 Å². The van der Waals surface area contributed by atoms with Crippen molar-refractivity contribution in [3.05, 3.63) is 63.5 Å². The van der Waals surface area contributed by atoms with E-state index in [0.29, 0.717) is 37.4 Å². The largest absolute Gasteiger partial charge is 0.467 e. The Hall–Kier alpha value is -2.51. The molecule has 2 aromatic carbocycles. The SMILES string of the molecule is Cc1c(C(=O)OCc2cc(F)cc3c2OCOC3)sc2cccc(F)c12. The fraction of sp³-hybridized carbons (Fsp3) is 0.211. The molecule has 0 saturated heterocycles. The number of carbonyl (C=O) groups is 1. The zero-order valence-corrected chi connectivity index (χ0v) is 14.6. The molecular weight excluding hydrogens is 362 g/mol. The van der Waals surface area contributed by atoms with Gasteiger partial charge in [0, 0.05) is 21.2 Å². The lowest BCUT2D eigenvalue weighted by atomic mass is 10.1. The van der Waals surface area contributed by atoms with Gasteiger partial charge in [0.05, 0.1) is 6.61 Å². The molecule has 1 aliphatic rings. The molecule has 4 rings (SSSR count). The van der Waals surface area contributed by atoms with Crippen LogP contribution in [0.3, 0.4) is 0 Å². The number of benzene rings is 2. The van der Waals surface area contributed by atoms with Crippen LogP contribution in [0.2, 0.25) is 0 Å². The Labute approximate surface area is 151 Å². The summed E-state index contributed by atoms with van der Waals surface area (Å²) in [5, 5.41) is 0.424. The normalized spacial score (nSPS) is 13.3. The van der Waals surface area contributed by atoms with E-state index in [2.05, 4.69) is 0 Å². The molecule has 0 saturated carbocycles. The molecule has 0 unspecified atom stereocenters. The van der Waals surface area contributed by atoms with Gasteiger partial charge in [0.2, 0.25) is 0 Å². The lowest BCUT2D eigenvalue weighted by Crippen LogP contribution is -2.14. The van der Waals surface area contributed by atoms with E-state index in [9.17, 15) is 13.6 Å². The van der Waals surface area contributed by atoms with Gasteiger partial charge >= 0.3 is 5.97 Å². The fourth-order valence-electron chi connectivity index (χ4n) is 3.02. The third kappa shape index (κ3) is 2.93. The first kappa shape index (κ1) is 16.9. The van der Waals surface area contributed by atoms with Crippen molar-refractivity contribution in [2.45, 2.75) is 20.1 Å². The third-order valence-corrected chi connectivity index (χ3v) is 5.44. The second-order valence-electron chi connectivity index (χ2n) is 5.91. The molecule has 0 amide bonds. The van der Waals surface area contributed by atoms with E-state index in [4.69, 9.17) is 14.2 Å². The highest BCUT2D eigenvalue weighted by Crippen LogP contribution is 2.34. The summed E-state index contributed by atoms with van der Waals surface area (Å²) in [5.41, 5.74) is 1.54. The Morgan fingerprint density at radius 1 is 1.31 bits per heavy atom. The summed E-state index contributed by atoms with van der Waals surface area (Å²) in [5.74, 6) is -0.926. The molecule has 4 nitrogen and oxygen atoms in total. The van der Waals surface area contributed by atoms with Crippen LogP contribution in [-0.4, -0.2) is 12.8 Å². The molecule has 2 heterocycles. The number of aryl methyl sites for hydroxylation is 1. The van der Waals surface area contributed by atoms with Gasteiger partial charge in [-0.3, -0.25) is 0 Å². The van der Waals surface area contributed by atoms with Crippen LogP contribution in [-0.2, 0) is 22.7 Å². The van der Waals surface area contributed by atoms with Crippen LogP contribution in [0, 0.1) is 18.6 Å². The van der Waals surface area contributed by atoms with E-state index in [0.717, 1.165) is 0 Å². The molecular formula is C19H14F2O4S. The fourth-order valence-corrected chi connectivity index (χ4v) is 4.14. The molecule has 0 fully saturated rings. The van der Waals surface area contributed by atoms with Gasteiger partial charge in [-0.15, -0.1) is 11.3 Å². The Bertz CT molecular complexity index is 1010. The molecule has 3 aromatic rings. The molecule has 7 heteroatoms. The Kier molecular flexibility index (Phi) is 4.34. The van der Waals surface area contributed by atoms with Gasteiger partial charge in [-0.1, -0.05) is 6.07 Å². The zero-order valence-electron chi connectivity index (χ0n) is 13.8. The van der Waals surface area contributed by atoms with E-state index in [-0.39, 0.29) is 25.8 Å². The van der Waals surface area contributed by atoms with E-state index in [1.165, 1.54) is 29.5 Å². The summed E-state index contributed by atoms with van der Waals surface area (Å²) < 4.78 is 44.3. The number of fused-ring (bicyclic) bond motifs is 2. The first-order chi connectivity index (χ1) is 12.5. The van der Waals surface area contributed by atoms with Crippen molar-refractivity contribution in [3.63, 3.8) is 0 Å². The first-order valence-electron chi connectivity index (χ1n) is 7.91. The second kappa shape index (κ2) is 6.66. The summed E-state index contributed by atoms with van der Waals surface area (Å²) in [6.45, 7) is 1.84. The van der Waals surface area contributed by atoms with Gasteiger partial charge in [0.15, 0.2) is 6.79 Å². The molecule has 0 N–H and O–H groups in total. The molecule has 1 aliphatic heterocycles. The number of hydrogen-bond donors (Lipinski definition) is 0. The van der Waals surface area contributed by atoms with Crippen molar-refractivity contribution >= 4 is 27.4 Å². The van der Waals surface area contributed by atoms with Gasteiger partial charge < -0.3 is 14.2 Å². The number of halogens is 2. The van der Waals surface area contributed by atoms with Crippen LogP contribution < -0.4 is 4.74 Å². The Morgan fingerprint density at radius 3 is 2.96 bits per heavy atom. The van der Waals surface area contributed by atoms with Crippen LogP contribution >= 0.6 is 11.3 Å². The Balaban J connectivity index is 1.60. The monoisotopic (exact) mass is 376 g/mol. The average Bonchev–Trinajstić information content (AvgIpc) is 2.97. The van der Waals surface area contributed by atoms with Crippen LogP contribution in [0.15, 0.2) is 30.3 Å². The summed E-state index contributed by atoms with van der Waals surface area (Å²) >= 11 is 1.17. The minimum atomic E-state index is -0.576. The average molecular weight is 376 g/mol. The summed E-state index contributed by atoms with van der Waals surface area (Å²) in [7, 11) is 0. The van der Waals surface area contributed by atoms with Gasteiger partial charge in [0.25, 0.3) is 0 Å². The standard InChI is InChI=1S/C19H14F2O4S/c1-10-16-14(21)3-2-4-15(16)26-18(10)19(22)24-8-12-6-13(20)5-11-7-23-9-25-17(11)12/h2-6H,7-9H2,1H3. The highest BCUT2D eigenvalue weighted by Gasteiger charge is 2.21. The minimum absolute atomic E-state index is 0.0638. The number of hydrogen-bond acceptors (Lipinski definition) is 5. The molecule has 134 valence electrons. The second-order valence-corrected chi connectivity index (χ2v) is 6.96. The molecule has 0 bridgehead atoms. The van der Waals surface area contributed by atoms with Gasteiger partial charge in [-0.05, 0) is 36.8 Å².